The van der Waals surface area contributed by atoms with Crippen LogP contribution in [0.3, 0.4) is 0 Å². The van der Waals surface area contributed by atoms with Crippen molar-refractivity contribution in [3.05, 3.63) is 58.6 Å². The number of amides is 1. The second kappa shape index (κ2) is 9.58. The molecule has 1 amide bonds. The highest BCUT2D eigenvalue weighted by molar-refractivity contribution is 6.74. The molecular formula is C23H31N3O6Si. The average Bonchev–Trinajstić information content (AvgIpc) is 3.15. The fraction of sp³-hybridized carbons (Fsp3) is 0.478. The third-order valence-electron chi connectivity index (χ3n) is 6.18. The first-order valence-electron chi connectivity index (χ1n) is 10.8. The second-order valence-corrected chi connectivity index (χ2v) is 14.3. The Morgan fingerprint density at radius 1 is 1.18 bits per heavy atom. The van der Waals surface area contributed by atoms with Crippen LogP contribution < -0.4 is 11.0 Å². The van der Waals surface area contributed by atoms with Crippen LogP contribution in [0.15, 0.2) is 47.4 Å². The standard InChI is InChI=1S/C23H31N3O6Si/c1-23(2,3)33(5,6)32-16-14-18(31-19(16)21(28)30-4)26-13-12-17(25-22(26)29)24-20(27)15-10-8-7-9-11-15/h7-13,16,18-19H,14H2,1-6H3,(H,24,25,27,29)/t16-,18+,19-/m0/s1. The molecule has 0 spiro atoms. The van der Waals surface area contributed by atoms with E-state index in [1.165, 1.54) is 23.9 Å². The third-order valence-corrected chi connectivity index (χ3v) is 10.7. The third kappa shape index (κ3) is 5.57. The number of methoxy groups -OCH3 is 1. The van der Waals surface area contributed by atoms with E-state index in [-0.39, 0.29) is 16.8 Å². The van der Waals surface area contributed by atoms with Crippen LogP contribution in [0.5, 0.6) is 0 Å². The van der Waals surface area contributed by atoms with Gasteiger partial charge in [-0.3, -0.25) is 9.36 Å². The van der Waals surface area contributed by atoms with Crippen molar-refractivity contribution in [2.75, 3.05) is 12.4 Å². The van der Waals surface area contributed by atoms with E-state index in [9.17, 15) is 14.4 Å². The lowest BCUT2D eigenvalue weighted by Gasteiger charge is -2.38. The van der Waals surface area contributed by atoms with Gasteiger partial charge < -0.3 is 19.2 Å². The number of hydrogen-bond donors (Lipinski definition) is 1. The van der Waals surface area contributed by atoms with Gasteiger partial charge in [0, 0.05) is 18.2 Å². The minimum atomic E-state index is -2.21. The van der Waals surface area contributed by atoms with Crippen molar-refractivity contribution in [1.82, 2.24) is 9.55 Å². The van der Waals surface area contributed by atoms with E-state index in [1.807, 2.05) is 6.07 Å². The fourth-order valence-electron chi connectivity index (χ4n) is 3.28. The molecule has 0 saturated carbocycles. The summed E-state index contributed by atoms with van der Waals surface area (Å²) >= 11 is 0. The van der Waals surface area contributed by atoms with Crippen molar-refractivity contribution in [2.45, 2.75) is 63.8 Å². The largest absolute Gasteiger partial charge is 0.467 e. The van der Waals surface area contributed by atoms with Crippen molar-refractivity contribution >= 4 is 26.0 Å². The maximum atomic E-state index is 12.7. The lowest BCUT2D eigenvalue weighted by atomic mass is 10.2. The van der Waals surface area contributed by atoms with E-state index in [4.69, 9.17) is 13.9 Å². The first-order chi connectivity index (χ1) is 15.4. The fourth-order valence-corrected chi connectivity index (χ4v) is 4.61. The van der Waals surface area contributed by atoms with Gasteiger partial charge in [0.25, 0.3) is 5.91 Å². The van der Waals surface area contributed by atoms with Crippen molar-refractivity contribution < 1.29 is 23.5 Å². The van der Waals surface area contributed by atoms with E-state index < -0.39 is 38.4 Å². The van der Waals surface area contributed by atoms with Crippen molar-refractivity contribution in [1.29, 1.82) is 0 Å². The molecule has 0 radical (unpaired) electrons. The Morgan fingerprint density at radius 3 is 2.42 bits per heavy atom. The van der Waals surface area contributed by atoms with Crippen LogP contribution in [-0.4, -0.2) is 49.1 Å². The number of hydrogen-bond acceptors (Lipinski definition) is 7. The van der Waals surface area contributed by atoms with Gasteiger partial charge in [-0.2, -0.15) is 4.98 Å². The van der Waals surface area contributed by atoms with Crippen LogP contribution in [0.2, 0.25) is 18.1 Å². The van der Waals surface area contributed by atoms with Crippen LogP contribution in [0.4, 0.5) is 5.82 Å². The lowest BCUT2D eigenvalue weighted by molar-refractivity contribution is -0.158. The zero-order valence-electron chi connectivity index (χ0n) is 19.8. The number of ether oxygens (including phenoxy) is 2. The molecule has 33 heavy (non-hydrogen) atoms. The molecule has 3 rings (SSSR count). The first-order valence-corrected chi connectivity index (χ1v) is 13.7. The summed E-state index contributed by atoms with van der Waals surface area (Å²) in [5.41, 5.74) is -0.156. The highest BCUT2D eigenvalue weighted by atomic mass is 28.4. The van der Waals surface area contributed by atoms with Gasteiger partial charge in [0.15, 0.2) is 14.4 Å². The summed E-state index contributed by atoms with van der Waals surface area (Å²) in [6.45, 7) is 10.5. The van der Waals surface area contributed by atoms with Gasteiger partial charge in [-0.25, -0.2) is 9.59 Å². The van der Waals surface area contributed by atoms with Crippen LogP contribution in [0.25, 0.3) is 0 Å². The van der Waals surface area contributed by atoms with Crippen molar-refractivity contribution in [3.8, 4) is 0 Å². The first kappa shape index (κ1) is 24.8. The zero-order chi connectivity index (χ0) is 24.4. The van der Waals surface area contributed by atoms with Gasteiger partial charge in [-0.05, 0) is 36.3 Å². The normalized spacial score (nSPS) is 21.0. The Bertz CT molecular complexity index is 1060. The van der Waals surface area contributed by atoms with Crippen LogP contribution in [-0.2, 0) is 18.7 Å². The number of anilines is 1. The molecule has 9 nitrogen and oxygen atoms in total. The average molecular weight is 474 g/mol. The van der Waals surface area contributed by atoms with Gasteiger partial charge in [-0.1, -0.05) is 39.0 Å². The molecule has 10 heteroatoms. The maximum absolute atomic E-state index is 12.7. The molecule has 0 aliphatic carbocycles. The van der Waals surface area contributed by atoms with Crippen molar-refractivity contribution in [3.63, 3.8) is 0 Å². The molecule has 0 unspecified atom stereocenters. The summed E-state index contributed by atoms with van der Waals surface area (Å²) in [7, 11) is -0.920. The van der Waals surface area contributed by atoms with Crippen LogP contribution in [0, 0.1) is 0 Å². The Balaban J connectivity index is 1.79. The summed E-state index contributed by atoms with van der Waals surface area (Å²) in [4.78, 5) is 41.4. The number of rotatable bonds is 6. The topological polar surface area (TPSA) is 109 Å². The van der Waals surface area contributed by atoms with E-state index in [1.54, 1.807) is 24.3 Å². The van der Waals surface area contributed by atoms with Crippen LogP contribution >= 0.6 is 0 Å². The molecule has 0 bridgehead atoms. The summed E-state index contributed by atoms with van der Waals surface area (Å²) in [6, 6.07) is 10.1. The molecular weight excluding hydrogens is 442 g/mol. The Hall–Kier alpha value is -2.82. The second-order valence-electron chi connectivity index (χ2n) is 9.51. The number of esters is 1. The number of nitrogens with one attached hydrogen (secondary N) is 1. The number of nitrogens with zero attached hydrogens (tertiary/aromatic N) is 2. The monoisotopic (exact) mass is 473 g/mol. The zero-order valence-corrected chi connectivity index (χ0v) is 20.8. The van der Waals surface area contributed by atoms with Crippen molar-refractivity contribution in [2.24, 2.45) is 0 Å². The SMILES string of the molecule is COC(=O)[C@H]1O[C@@H](n2ccc(NC(=O)c3ccccc3)nc2=O)C[C@@H]1O[Si](C)(C)C(C)(C)C. The molecule has 1 aliphatic heterocycles. The summed E-state index contributed by atoms with van der Waals surface area (Å²) in [6.07, 6.45) is -0.457. The number of aromatic nitrogens is 2. The van der Waals surface area contributed by atoms with E-state index in [0.717, 1.165) is 0 Å². The van der Waals surface area contributed by atoms with Gasteiger partial charge in [0.2, 0.25) is 0 Å². The van der Waals surface area contributed by atoms with Gasteiger partial charge in [-0.15, -0.1) is 0 Å². The highest BCUT2D eigenvalue weighted by Gasteiger charge is 2.48. The van der Waals surface area contributed by atoms with Gasteiger partial charge in [0.05, 0.1) is 13.2 Å². The molecule has 1 fully saturated rings. The molecule has 1 aliphatic rings. The molecule has 2 heterocycles. The summed E-state index contributed by atoms with van der Waals surface area (Å²) in [5, 5.41) is 2.55. The summed E-state index contributed by atoms with van der Waals surface area (Å²) in [5.74, 6) is -0.790. The summed E-state index contributed by atoms with van der Waals surface area (Å²) < 4.78 is 18.5. The molecule has 1 aromatic heterocycles. The van der Waals surface area contributed by atoms with E-state index in [2.05, 4.69) is 44.2 Å². The molecule has 1 N–H and O–H groups in total. The van der Waals surface area contributed by atoms with E-state index >= 15 is 0 Å². The van der Waals surface area contributed by atoms with E-state index in [0.29, 0.717) is 12.0 Å². The predicted octanol–water partition coefficient (Wildman–Crippen LogP) is 3.35. The Kier molecular flexibility index (Phi) is 7.20. The molecule has 1 aromatic carbocycles. The van der Waals surface area contributed by atoms with Crippen LogP contribution in [0.1, 0.15) is 43.8 Å². The number of carbonyl (C=O) groups is 2. The molecule has 3 atom stereocenters. The molecule has 2 aromatic rings. The molecule has 178 valence electrons. The number of carbonyl (C=O) groups excluding carboxylic acids is 2. The number of benzene rings is 1. The lowest BCUT2D eigenvalue weighted by Crippen LogP contribution is -2.47. The molecule has 1 saturated heterocycles. The quantitative estimate of drug-likeness (QED) is 0.506. The predicted molar refractivity (Wildman–Crippen MR) is 126 cm³/mol. The minimum Gasteiger partial charge on any atom is -0.467 e. The van der Waals surface area contributed by atoms with Gasteiger partial charge in [0.1, 0.15) is 12.0 Å². The highest BCUT2D eigenvalue weighted by Crippen LogP contribution is 2.41. The van der Waals surface area contributed by atoms with Gasteiger partial charge >= 0.3 is 11.7 Å². The Morgan fingerprint density at radius 2 is 1.85 bits per heavy atom. The maximum Gasteiger partial charge on any atom is 0.351 e. The minimum absolute atomic E-state index is 0.0667. The smallest absolute Gasteiger partial charge is 0.351 e. The Labute approximate surface area is 194 Å².